The molecule has 7 nitrogen and oxygen atoms in total. The summed E-state index contributed by atoms with van der Waals surface area (Å²) >= 11 is 6.25. The van der Waals surface area contributed by atoms with Crippen LogP contribution in [0.15, 0.2) is 24.4 Å². The van der Waals surface area contributed by atoms with E-state index in [9.17, 15) is 4.79 Å². The van der Waals surface area contributed by atoms with Crippen LogP contribution in [0, 0.1) is 5.92 Å². The number of hydrogen-bond donors (Lipinski definition) is 2. The average molecular weight is 425 g/mol. The molecule has 1 unspecified atom stereocenters. The van der Waals surface area contributed by atoms with Crippen LogP contribution < -0.4 is 10.6 Å². The van der Waals surface area contributed by atoms with E-state index in [1.807, 2.05) is 23.0 Å². The summed E-state index contributed by atoms with van der Waals surface area (Å²) in [7, 11) is 0. The number of halogens is 1. The van der Waals surface area contributed by atoms with Gasteiger partial charge in [0.25, 0.3) is 0 Å². The molecular formula is C22H25ClN6O. The van der Waals surface area contributed by atoms with Crippen LogP contribution in [0.5, 0.6) is 0 Å². The second kappa shape index (κ2) is 7.54. The van der Waals surface area contributed by atoms with E-state index in [1.54, 1.807) is 6.07 Å². The number of amides is 1. The van der Waals surface area contributed by atoms with Gasteiger partial charge >= 0.3 is 0 Å². The number of anilines is 2. The van der Waals surface area contributed by atoms with Crippen LogP contribution in [0.25, 0.3) is 11.0 Å². The lowest BCUT2D eigenvalue weighted by molar-refractivity contribution is -0.116. The summed E-state index contributed by atoms with van der Waals surface area (Å²) in [6.45, 7) is 5.00. The first kappa shape index (κ1) is 19.3. The van der Waals surface area contributed by atoms with Gasteiger partial charge in [0.05, 0.1) is 17.1 Å². The quantitative estimate of drug-likeness (QED) is 0.617. The molecule has 2 N–H and O–H groups in total. The Labute approximate surface area is 180 Å². The van der Waals surface area contributed by atoms with Crippen molar-refractivity contribution in [3.05, 3.63) is 40.7 Å². The highest BCUT2D eigenvalue weighted by Crippen LogP contribution is 2.40. The summed E-state index contributed by atoms with van der Waals surface area (Å²) in [4.78, 5) is 22.4. The van der Waals surface area contributed by atoms with Crippen LogP contribution in [-0.2, 0) is 4.79 Å². The monoisotopic (exact) mass is 424 g/mol. The van der Waals surface area contributed by atoms with Crippen LogP contribution in [0.3, 0.4) is 0 Å². The molecule has 1 aliphatic carbocycles. The molecule has 2 aromatic heterocycles. The van der Waals surface area contributed by atoms with Gasteiger partial charge in [0.2, 0.25) is 11.9 Å². The molecule has 156 valence electrons. The number of hydrogen-bond acceptors (Lipinski definition) is 5. The molecule has 1 saturated carbocycles. The van der Waals surface area contributed by atoms with E-state index in [4.69, 9.17) is 21.7 Å². The van der Waals surface area contributed by atoms with Crippen LogP contribution in [0.2, 0.25) is 5.02 Å². The van der Waals surface area contributed by atoms with Crippen LogP contribution in [0.4, 0.5) is 11.6 Å². The van der Waals surface area contributed by atoms with E-state index in [-0.39, 0.29) is 5.91 Å². The third-order valence-corrected chi connectivity index (χ3v) is 6.15. The number of nitrogens with zero attached hydrogens (tertiary/aromatic N) is 4. The minimum Gasteiger partial charge on any atom is -0.354 e. The third-order valence-electron chi connectivity index (χ3n) is 5.91. The molecule has 2 aliphatic rings. The van der Waals surface area contributed by atoms with Gasteiger partial charge in [-0.05, 0) is 42.5 Å². The van der Waals surface area contributed by atoms with Gasteiger partial charge in [-0.3, -0.25) is 9.48 Å². The number of carbonyl (C=O) groups excluding carboxylic acids is 1. The maximum atomic E-state index is 13.0. The number of fused-ring (bicyclic) bond motifs is 2. The summed E-state index contributed by atoms with van der Waals surface area (Å²) in [5.74, 6) is 0.310. The van der Waals surface area contributed by atoms with Gasteiger partial charge in [-0.1, -0.05) is 38.3 Å². The molecule has 30 heavy (non-hydrogen) atoms. The molecule has 1 atom stereocenters. The highest BCUT2D eigenvalue weighted by atomic mass is 35.5. The van der Waals surface area contributed by atoms with E-state index < -0.39 is 5.92 Å². The molecule has 3 aromatic rings. The largest absolute Gasteiger partial charge is 0.354 e. The molecule has 1 aromatic carbocycles. The normalized spacial score (nSPS) is 18.9. The highest BCUT2D eigenvalue weighted by molar-refractivity contribution is 6.31. The van der Waals surface area contributed by atoms with Gasteiger partial charge < -0.3 is 10.6 Å². The number of nitrogens with one attached hydrogen (secondary N) is 2. The molecule has 5 rings (SSSR count). The Hall–Kier alpha value is -2.67. The Kier molecular flexibility index (Phi) is 4.85. The van der Waals surface area contributed by atoms with Gasteiger partial charge in [0.1, 0.15) is 5.92 Å². The Bertz CT molecular complexity index is 1120. The van der Waals surface area contributed by atoms with Gasteiger partial charge in [0.15, 0.2) is 5.65 Å². The maximum Gasteiger partial charge on any atom is 0.238 e. The lowest BCUT2D eigenvalue weighted by Gasteiger charge is -2.13. The first-order chi connectivity index (χ1) is 14.5. The standard InChI is InChI=1S/C22H25ClN6O/c1-12(2)10-24-22-26-19(18-15-9-13(23)7-8-17(15)25-21(18)30)16-11-29(28-20(16)27-22)14-5-3-4-6-14/h7-9,11-12,14,18H,3-6,10H2,1-2H3,(H,25,30)(H,24,27,28). The molecule has 0 radical (unpaired) electrons. The number of benzene rings is 1. The lowest BCUT2D eigenvalue weighted by Crippen LogP contribution is -2.17. The number of carbonyl (C=O) groups is 1. The second-order valence-corrected chi connectivity index (χ2v) is 9.08. The fraction of sp³-hybridized carbons (Fsp3) is 0.455. The fourth-order valence-electron chi connectivity index (χ4n) is 4.40. The first-order valence-electron chi connectivity index (χ1n) is 10.6. The van der Waals surface area contributed by atoms with E-state index in [0.717, 1.165) is 36.0 Å². The molecule has 3 heterocycles. The van der Waals surface area contributed by atoms with E-state index in [0.29, 0.717) is 34.3 Å². The summed E-state index contributed by atoms with van der Waals surface area (Å²) in [5, 5.41) is 12.5. The summed E-state index contributed by atoms with van der Waals surface area (Å²) < 4.78 is 2.02. The first-order valence-corrected chi connectivity index (χ1v) is 11.0. The molecule has 0 bridgehead atoms. The SMILES string of the molecule is CC(C)CNc1nc(C2C(=O)Nc3ccc(Cl)cc32)c2cn(C3CCCC3)nc2n1. The van der Waals surface area contributed by atoms with Crippen LogP contribution >= 0.6 is 11.6 Å². The predicted molar refractivity (Wildman–Crippen MR) is 118 cm³/mol. The molecule has 1 amide bonds. The topological polar surface area (TPSA) is 84.7 Å². The molecule has 0 spiro atoms. The van der Waals surface area contributed by atoms with E-state index in [2.05, 4.69) is 29.5 Å². The smallest absolute Gasteiger partial charge is 0.238 e. The van der Waals surface area contributed by atoms with Crippen molar-refractivity contribution in [1.29, 1.82) is 0 Å². The van der Waals surface area contributed by atoms with Crippen molar-refractivity contribution in [2.75, 3.05) is 17.2 Å². The van der Waals surface area contributed by atoms with Gasteiger partial charge in [0, 0.05) is 23.5 Å². The molecule has 1 aliphatic heterocycles. The molecular weight excluding hydrogens is 400 g/mol. The third kappa shape index (κ3) is 3.41. The molecule has 1 fully saturated rings. The van der Waals surface area contributed by atoms with Crippen molar-refractivity contribution in [3.8, 4) is 0 Å². The van der Waals surface area contributed by atoms with E-state index >= 15 is 0 Å². The van der Waals surface area contributed by atoms with Crippen molar-refractivity contribution in [3.63, 3.8) is 0 Å². The minimum absolute atomic E-state index is 0.101. The van der Waals surface area contributed by atoms with Crippen molar-refractivity contribution < 1.29 is 4.79 Å². The van der Waals surface area contributed by atoms with Crippen molar-refractivity contribution in [2.24, 2.45) is 5.92 Å². The Morgan fingerprint density at radius 3 is 2.83 bits per heavy atom. The molecule has 0 saturated heterocycles. The zero-order chi connectivity index (χ0) is 20.8. The average Bonchev–Trinajstić information content (AvgIpc) is 3.43. The van der Waals surface area contributed by atoms with Crippen LogP contribution in [-0.4, -0.2) is 32.2 Å². The zero-order valence-electron chi connectivity index (χ0n) is 17.2. The van der Waals surface area contributed by atoms with Crippen LogP contribution in [0.1, 0.15) is 62.7 Å². The maximum absolute atomic E-state index is 13.0. The van der Waals surface area contributed by atoms with Crippen molar-refractivity contribution in [2.45, 2.75) is 51.5 Å². The Balaban J connectivity index is 1.65. The number of rotatable bonds is 5. The number of aromatic nitrogens is 4. The Morgan fingerprint density at radius 2 is 2.07 bits per heavy atom. The van der Waals surface area contributed by atoms with Gasteiger partial charge in [-0.15, -0.1) is 0 Å². The summed E-state index contributed by atoms with van der Waals surface area (Å²) in [6.07, 6.45) is 6.70. The zero-order valence-corrected chi connectivity index (χ0v) is 17.9. The van der Waals surface area contributed by atoms with Crippen molar-refractivity contribution in [1.82, 2.24) is 19.7 Å². The minimum atomic E-state index is -0.537. The Morgan fingerprint density at radius 1 is 1.27 bits per heavy atom. The van der Waals surface area contributed by atoms with E-state index in [1.165, 1.54) is 12.8 Å². The fourth-order valence-corrected chi connectivity index (χ4v) is 4.58. The predicted octanol–water partition coefficient (Wildman–Crippen LogP) is 4.75. The van der Waals surface area contributed by atoms with Gasteiger partial charge in [-0.2, -0.15) is 10.1 Å². The van der Waals surface area contributed by atoms with Crippen molar-refractivity contribution >= 4 is 40.2 Å². The second-order valence-electron chi connectivity index (χ2n) is 8.65. The van der Waals surface area contributed by atoms with Gasteiger partial charge in [-0.25, -0.2) is 4.98 Å². The molecule has 8 heteroatoms. The summed E-state index contributed by atoms with van der Waals surface area (Å²) in [6, 6.07) is 5.86. The lowest BCUT2D eigenvalue weighted by atomic mass is 9.95. The highest BCUT2D eigenvalue weighted by Gasteiger charge is 2.36. The summed E-state index contributed by atoms with van der Waals surface area (Å²) in [5.41, 5.74) is 2.92.